The smallest absolute Gasteiger partial charge is 0.325 e. The second kappa shape index (κ2) is 7.32. The maximum Gasteiger partial charge on any atom is 0.417 e. The summed E-state index contributed by atoms with van der Waals surface area (Å²) >= 11 is 4.23. The van der Waals surface area contributed by atoms with Gasteiger partial charge in [0.25, 0.3) is 0 Å². The van der Waals surface area contributed by atoms with Crippen LogP contribution in [0.3, 0.4) is 0 Å². The molecule has 1 heterocycles. The first-order valence-electron chi connectivity index (χ1n) is 7.44. The Hall–Kier alpha value is -2.00. The molecule has 2 aromatic rings. The number of rotatable bonds is 3. The summed E-state index contributed by atoms with van der Waals surface area (Å²) in [5, 5.41) is 2.42. The number of benzene rings is 2. The van der Waals surface area contributed by atoms with Gasteiger partial charge in [0.2, 0.25) is 11.8 Å². The quantitative estimate of drug-likeness (QED) is 0.755. The van der Waals surface area contributed by atoms with Crippen molar-refractivity contribution < 1.29 is 22.8 Å². The zero-order valence-electron chi connectivity index (χ0n) is 13.1. The van der Waals surface area contributed by atoms with Crippen LogP contribution in [0.5, 0.6) is 0 Å². The summed E-state index contributed by atoms with van der Waals surface area (Å²) in [5.41, 5.74) is -0.251. The number of thioether (sulfide) groups is 1. The van der Waals surface area contributed by atoms with Gasteiger partial charge in [-0.1, -0.05) is 28.1 Å². The number of nitrogens with zero attached hydrogens (tertiary/aromatic N) is 1. The van der Waals surface area contributed by atoms with E-state index in [1.807, 2.05) is 12.1 Å². The van der Waals surface area contributed by atoms with Crippen molar-refractivity contribution in [2.45, 2.75) is 11.1 Å². The molecule has 4 nitrogen and oxygen atoms in total. The summed E-state index contributed by atoms with van der Waals surface area (Å²) in [6.07, 6.45) is -4.54. The van der Waals surface area contributed by atoms with Gasteiger partial charge in [-0.3, -0.25) is 9.59 Å². The molecule has 1 N–H and O–H groups in total. The average molecular weight is 445 g/mol. The highest BCUT2D eigenvalue weighted by molar-refractivity contribution is 9.10. The second-order valence-electron chi connectivity index (χ2n) is 5.48. The number of amides is 2. The number of fused-ring (bicyclic) bond motifs is 1. The standard InChI is InChI=1S/C17H12BrF3N2O2S/c18-12-6-5-10(7-11(12)17(19,20)21)22-15(24)8-23-13-3-1-2-4-14(13)26-9-16(23)25/h1-7H,8-9H2,(H,22,24). The Morgan fingerprint density at radius 3 is 2.69 bits per heavy atom. The molecule has 0 unspecified atom stereocenters. The minimum atomic E-state index is -4.54. The van der Waals surface area contributed by atoms with Crippen LogP contribution in [0.25, 0.3) is 0 Å². The summed E-state index contributed by atoms with van der Waals surface area (Å²) in [6.45, 7) is -0.270. The lowest BCUT2D eigenvalue weighted by Crippen LogP contribution is -2.41. The zero-order chi connectivity index (χ0) is 18.9. The van der Waals surface area contributed by atoms with Crippen LogP contribution in [0.4, 0.5) is 24.5 Å². The molecule has 0 atom stereocenters. The van der Waals surface area contributed by atoms with Crippen LogP contribution < -0.4 is 10.2 Å². The van der Waals surface area contributed by atoms with E-state index in [1.165, 1.54) is 28.8 Å². The molecule has 26 heavy (non-hydrogen) atoms. The van der Waals surface area contributed by atoms with Crippen LogP contribution in [0.15, 0.2) is 51.8 Å². The predicted octanol–water partition coefficient (Wildman–Crippen LogP) is 4.55. The van der Waals surface area contributed by atoms with Gasteiger partial charge in [-0.2, -0.15) is 13.2 Å². The Labute approximate surface area is 159 Å². The third-order valence-corrected chi connectivity index (χ3v) is 5.40. The maximum absolute atomic E-state index is 13.0. The fraction of sp³-hybridized carbons (Fsp3) is 0.176. The van der Waals surface area contributed by atoms with E-state index in [4.69, 9.17) is 0 Å². The molecule has 0 saturated carbocycles. The summed E-state index contributed by atoms with van der Waals surface area (Å²) in [5.74, 6) is -0.591. The van der Waals surface area contributed by atoms with Crippen molar-refractivity contribution in [1.29, 1.82) is 0 Å². The molecule has 1 aliphatic heterocycles. The number of hydrogen-bond acceptors (Lipinski definition) is 3. The Balaban J connectivity index is 1.77. The van der Waals surface area contributed by atoms with E-state index in [0.29, 0.717) is 5.69 Å². The molecule has 0 radical (unpaired) electrons. The zero-order valence-corrected chi connectivity index (χ0v) is 15.5. The monoisotopic (exact) mass is 444 g/mol. The van der Waals surface area contributed by atoms with Crippen LogP contribution in [0.2, 0.25) is 0 Å². The van der Waals surface area contributed by atoms with Gasteiger partial charge in [0.15, 0.2) is 0 Å². The topological polar surface area (TPSA) is 49.4 Å². The van der Waals surface area contributed by atoms with Crippen LogP contribution in [-0.4, -0.2) is 24.1 Å². The number of halogens is 4. The highest BCUT2D eigenvalue weighted by Gasteiger charge is 2.33. The van der Waals surface area contributed by atoms with Gasteiger partial charge in [0.1, 0.15) is 6.54 Å². The van der Waals surface area contributed by atoms with E-state index < -0.39 is 17.6 Å². The van der Waals surface area contributed by atoms with E-state index in [-0.39, 0.29) is 28.4 Å². The van der Waals surface area contributed by atoms with Crippen molar-refractivity contribution in [3.8, 4) is 0 Å². The number of nitrogens with one attached hydrogen (secondary N) is 1. The van der Waals surface area contributed by atoms with Crippen LogP contribution >= 0.6 is 27.7 Å². The normalized spacial score (nSPS) is 14.2. The Kier molecular flexibility index (Phi) is 5.29. The number of alkyl halides is 3. The number of carbonyl (C=O) groups excluding carboxylic acids is 2. The van der Waals surface area contributed by atoms with Gasteiger partial charge in [-0.05, 0) is 30.3 Å². The minimum Gasteiger partial charge on any atom is -0.325 e. The van der Waals surface area contributed by atoms with E-state index >= 15 is 0 Å². The highest BCUT2D eigenvalue weighted by atomic mass is 79.9. The van der Waals surface area contributed by atoms with Crippen molar-refractivity contribution in [3.05, 3.63) is 52.5 Å². The summed E-state index contributed by atoms with van der Waals surface area (Å²) in [4.78, 5) is 26.6. The fourth-order valence-electron chi connectivity index (χ4n) is 2.49. The summed E-state index contributed by atoms with van der Waals surface area (Å²) in [6, 6.07) is 10.6. The molecule has 9 heteroatoms. The summed E-state index contributed by atoms with van der Waals surface area (Å²) in [7, 11) is 0. The molecular weight excluding hydrogens is 433 g/mol. The molecular formula is C17H12BrF3N2O2S. The van der Waals surface area contributed by atoms with Gasteiger partial charge in [0, 0.05) is 15.1 Å². The maximum atomic E-state index is 13.0. The molecule has 0 saturated heterocycles. The average Bonchev–Trinajstić information content (AvgIpc) is 2.58. The lowest BCUT2D eigenvalue weighted by atomic mass is 10.2. The third kappa shape index (κ3) is 4.04. The van der Waals surface area contributed by atoms with Crippen molar-refractivity contribution in [3.63, 3.8) is 0 Å². The van der Waals surface area contributed by atoms with Gasteiger partial charge in [-0.15, -0.1) is 11.8 Å². The van der Waals surface area contributed by atoms with Crippen molar-refractivity contribution >= 4 is 50.9 Å². The van der Waals surface area contributed by atoms with E-state index in [9.17, 15) is 22.8 Å². The molecule has 0 bridgehead atoms. The SMILES string of the molecule is O=C(CN1C(=O)CSc2ccccc21)Nc1ccc(Br)c(C(F)(F)F)c1. The molecule has 0 aliphatic carbocycles. The Morgan fingerprint density at radius 1 is 1.23 bits per heavy atom. The van der Waals surface area contributed by atoms with Crippen molar-refractivity contribution in [2.24, 2.45) is 0 Å². The van der Waals surface area contributed by atoms with E-state index in [1.54, 1.807) is 12.1 Å². The van der Waals surface area contributed by atoms with Gasteiger partial charge in [-0.25, -0.2) is 0 Å². The molecule has 2 aromatic carbocycles. The first-order chi connectivity index (χ1) is 12.3. The lowest BCUT2D eigenvalue weighted by molar-refractivity contribution is -0.138. The van der Waals surface area contributed by atoms with Crippen molar-refractivity contribution in [1.82, 2.24) is 0 Å². The van der Waals surface area contributed by atoms with E-state index in [2.05, 4.69) is 21.2 Å². The van der Waals surface area contributed by atoms with Crippen molar-refractivity contribution in [2.75, 3.05) is 22.5 Å². The predicted molar refractivity (Wildman–Crippen MR) is 97.3 cm³/mol. The van der Waals surface area contributed by atoms with Gasteiger partial charge >= 0.3 is 6.18 Å². The number of para-hydroxylation sites is 1. The number of anilines is 2. The molecule has 136 valence electrons. The van der Waals surface area contributed by atoms with Crippen LogP contribution in [0, 0.1) is 0 Å². The second-order valence-corrected chi connectivity index (χ2v) is 7.35. The number of carbonyl (C=O) groups is 2. The first-order valence-corrected chi connectivity index (χ1v) is 9.22. The van der Waals surface area contributed by atoms with Crippen LogP contribution in [0.1, 0.15) is 5.56 Å². The Morgan fingerprint density at radius 2 is 1.96 bits per heavy atom. The molecule has 2 amide bonds. The fourth-order valence-corrected chi connectivity index (χ4v) is 3.90. The van der Waals surface area contributed by atoms with Crippen LogP contribution in [-0.2, 0) is 15.8 Å². The van der Waals surface area contributed by atoms with Gasteiger partial charge < -0.3 is 10.2 Å². The first kappa shape index (κ1) is 18.8. The highest BCUT2D eigenvalue weighted by Crippen LogP contribution is 2.37. The largest absolute Gasteiger partial charge is 0.417 e. The third-order valence-electron chi connectivity index (χ3n) is 3.67. The number of hydrogen-bond donors (Lipinski definition) is 1. The summed E-state index contributed by atoms with van der Waals surface area (Å²) < 4.78 is 38.8. The molecule has 3 rings (SSSR count). The molecule has 0 spiro atoms. The lowest BCUT2D eigenvalue weighted by Gasteiger charge is -2.28. The van der Waals surface area contributed by atoms with Gasteiger partial charge in [0.05, 0.1) is 17.0 Å². The molecule has 0 aromatic heterocycles. The van der Waals surface area contributed by atoms with E-state index in [0.717, 1.165) is 11.0 Å². The molecule has 0 fully saturated rings. The molecule has 1 aliphatic rings. The minimum absolute atomic E-state index is 0.0117. The Bertz CT molecular complexity index is 873.